The SMILES string of the molecule is COC(=O)CC(N=Cc1ccc(Cl)cc1)C(=O)OC. The van der Waals surface area contributed by atoms with Crippen molar-refractivity contribution >= 4 is 29.8 Å². The maximum atomic E-state index is 11.5. The van der Waals surface area contributed by atoms with Gasteiger partial charge in [0.25, 0.3) is 0 Å². The third kappa shape index (κ3) is 5.09. The summed E-state index contributed by atoms with van der Waals surface area (Å²) in [5.74, 6) is -1.11. The average molecular weight is 284 g/mol. The number of esters is 2. The molecule has 0 N–H and O–H groups in total. The molecule has 1 rings (SSSR count). The normalized spacial score (nSPS) is 12.2. The molecule has 0 aliphatic carbocycles. The second kappa shape index (κ2) is 7.53. The van der Waals surface area contributed by atoms with Gasteiger partial charge in [-0.2, -0.15) is 0 Å². The molecule has 0 aliphatic heterocycles. The van der Waals surface area contributed by atoms with Gasteiger partial charge in [0.15, 0.2) is 6.04 Å². The van der Waals surface area contributed by atoms with Crippen LogP contribution in [-0.2, 0) is 19.1 Å². The maximum Gasteiger partial charge on any atom is 0.331 e. The van der Waals surface area contributed by atoms with Crippen LogP contribution in [0.4, 0.5) is 0 Å². The molecule has 0 aromatic heterocycles. The van der Waals surface area contributed by atoms with Crippen molar-refractivity contribution in [2.24, 2.45) is 4.99 Å². The van der Waals surface area contributed by atoms with Gasteiger partial charge in [-0.15, -0.1) is 0 Å². The van der Waals surface area contributed by atoms with Gasteiger partial charge < -0.3 is 9.47 Å². The van der Waals surface area contributed by atoms with E-state index in [1.54, 1.807) is 24.3 Å². The van der Waals surface area contributed by atoms with Crippen LogP contribution in [-0.4, -0.2) is 38.4 Å². The van der Waals surface area contributed by atoms with Gasteiger partial charge in [0.05, 0.1) is 20.6 Å². The summed E-state index contributed by atoms with van der Waals surface area (Å²) in [7, 11) is 2.49. The minimum Gasteiger partial charge on any atom is -0.469 e. The molecule has 1 aromatic carbocycles. The van der Waals surface area contributed by atoms with Crippen molar-refractivity contribution in [3.8, 4) is 0 Å². The number of ether oxygens (including phenoxy) is 2. The number of carbonyl (C=O) groups is 2. The van der Waals surface area contributed by atoms with Gasteiger partial charge in [-0.1, -0.05) is 23.7 Å². The predicted molar refractivity (Wildman–Crippen MR) is 71.5 cm³/mol. The largest absolute Gasteiger partial charge is 0.469 e. The van der Waals surface area contributed by atoms with Crippen LogP contribution in [0.15, 0.2) is 29.3 Å². The van der Waals surface area contributed by atoms with Crippen LogP contribution in [0.1, 0.15) is 12.0 Å². The van der Waals surface area contributed by atoms with Crippen LogP contribution < -0.4 is 0 Å². The van der Waals surface area contributed by atoms with E-state index < -0.39 is 18.0 Å². The number of aliphatic imine (C=N–C) groups is 1. The van der Waals surface area contributed by atoms with Crippen molar-refractivity contribution in [1.29, 1.82) is 0 Å². The van der Waals surface area contributed by atoms with Crippen LogP contribution in [0, 0.1) is 0 Å². The molecule has 0 amide bonds. The highest BCUT2D eigenvalue weighted by Gasteiger charge is 2.21. The molecule has 0 heterocycles. The van der Waals surface area contributed by atoms with Crippen LogP contribution in [0.5, 0.6) is 0 Å². The fourth-order valence-electron chi connectivity index (χ4n) is 1.30. The second-order valence-electron chi connectivity index (χ2n) is 3.65. The summed E-state index contributed by atoms with van der Waals surface area (Å²) in [6.07, 6.45) is 1.33. The molecule has 102 valence electrons. The Kier molecular flexibility index (Phi) is 6.02. The monoisotopic (exact) mass is 283 g/mol. The molecule has 0 spiro atoms. The topological polar surface area (TPSA) is 65.0 Å². The Bertz CT molecular complexity index is 470. The summed E-state index contributed by atoms with van der Waals surface area (Å²) < 4.78 is 9.09. The molecule has 6 heteroatoms. The van der Waals surface area contributed by atoms with Gasteiger partial charge in [0.2, 0.25) is 0 Å². The van der Waals surface area contributed by atoms with E-state index in [9.17, 15) is 9.59 Å². The molecule has 0 bridgehead atoms. The number of benzene rings is 1. The first kappa shape index (κ1) is 15.2. The molecule has 0 saturated carbocycles. The van der Waals surface area contributed by atoms with Gasteiger partial charge in [0.1, 0.15) is 0 Å². The number of nitrogens with zero attached hydrogens (tertiary/aromatic N) is 1. The van der Waals surface area contributed by atoms with Gasteiger partial charge in [0, 0.05) is 11.2 Å². The summed E-state index contributed by atoms with van der Waals surface area (Å²) in [5.41, 5.74) is 0.767. The van der Waals surface area contributed by atoms with E-state index in [-0.39, 0.29) is 6.42 Å². The van der Waals surface area contributed by atoms with E-state index >= 15 is 0 Å². The fraction of sp³-hybridized carbons (Fsp3) is 0.308. The standard InChI is InChI=1S/C13H14ClNO4/c1-18-12(16)7-11(13(17)19-2)15-8-9-3-5-10(14)6-4-9/h3-6,8,11H,7H2,1-2H3. The zero-order valence-electron chi connectivity index (χ0n) is 10.6. The molecule has 5 nitrogen and oxygen atoms in total. The van der Waals surface area contributed by atoms with E-state index in [2.05, 4.69) is 14.5 Å². The number of halogens is 1. The first-order chi connectivity index (χ1) is 9.06. The van der Waals surface area contributed by atoms with E-state index in [0.717, 1.165) is 5.56 Å². The Hall–Kier alpha value is -1.88. The lowest BCUT2D eigenvalue weighted by molar-refractivity contribution is -0.148. The number of rotatable bonds is 5. The summed E-state index contributed by atoms with van der Waals surface area (Å²) >= 11 is 5.76. The van der Waals surface area contributed by atoms with Gasteiger partial charge in [-0.3, -0.25) is 9.79 Å². The van der Waals surface area contributed by atoms with E-state index in [1.807, 2.05) is 0 Å². The molecule has 1 aromatic rings. The van der Waals surface area contributed by atoms with Gasteiger partial charge in [-0.25, -0.2) is 4.79 Å². The molecular formula is C13H14ClNO4. The van der Waals surface area contributed by atoms with Crippen molar-refractivity contribution in [2.45, 2.75) is 12.5 Å². The van der Waals surface area contributed by atoms with E-state index in [4.69, 9.17) is 11.6 Å². The first-order valence-electron chi connectivity index (χ1n) is 5.50. The van der Waals surface area contributed by atoms with E-state index in [1.165, 1.54) is 20.4 Å². The molecule has 0 radical (unpaired) electrons. The van der Waals surface area contributed by atoms with Crippen molar-refractivity contribution in [3.05, 3.63) is 34.9 Å². The lowest BCUT2D eigenvalue weighted by Gasteiger charge is -2.08. The van der Waals surface area contributed by atoms with Crippen LogP contribution in [0.25, 0.3) is 0 Å². The molecule has 0 saturated heterocycles. The Labute approximate surface area is 116 Å². The minimum atomic E-state index is -0.909. The Morgan fingerprint density at radius 2 is 1.89 bits per heavy atom. The number of methoxy groups -OCH3 is 2. The first-order valence-corrected chi connectivity index (χ1v) is 5.88. The average Bonchev–Trinajstić information content (AvgIpc) is 2.43. The summed E-state index contributed by atoms with van der Waals surface area (Å²) in [5, 5.41) is 0.608. The lowest BCUT2D eigenvalue weighted by Crippen LogP contribution is -2.24. The molecule has 1 atom stereocenters. The van der Waals surface area contributed by atoms with Crippen molar-refractivity contribution in [1.82, 2.24) is 0 Å². The highest BCUT2D eigenvalue weighted by molar-refractivity contribution is 6.30. The highest BCUT2D eigenvalue weighted by atomic mass is 35.5. The van der Waals surface area contributed by atoms with Gasteiger partial charge in [-0.05, 0) is 17.7 Å². The third-order valence-electron chi connectivity index (χ3n) is 2.33. The smallest absolute Gasteiger partial charge is 0.331 e. The zero-order chi connectivity index (χ0) is 14.3. The summed E-state index contributed by atoms with van der Waals surface area (Å²) in [6, 6.07) is 6.00. The predicted octanol–water partition coefficient (Wildman–Crippen LogP) is 1.86. The quantitative estimate of drug-likeness (QED) is 0.611. The highest BCUT2D eigenvalue weighted by Crippen LogP contribution is 2.09. The molecule has 0 aliphatic rings. The number of hydrogen-bond donors (Lipinski definition) is 0. The van der Waals surface area contributed by atoms with Crippen LogP contribution in [0.2, 0.25) is 5.02 Å². The Balaban J connectivity index is 2.78. The van der Waals surface area contributed by atoms with Crippen molar-refractivity contribution in [3.63, 3.8) is 0 Å². The lowest BCUT2D eigenvalue weighted by atomic mass is 10.2. The molecular weight excluding hydrogens is 270 g/mol. The Morgan fingerprint density at radius 1 is 1.26 bits per heavy atom. The summed E-state index contributed by atoms with van der Waals surface area (Å²) in [4.78, 5) is 26.7. The minimum absolute atomic E-state index is 0.159. The number of carbonyl (C=O) groups excluding carboxylic acids is 2. The maximum absolute atomic E-state index is 11.5. The van der Waals surface area contributed by atoms with Crippen LogP contribution >= 0.6 is 11.6 Å². The Morgan fingerprint density at radius 3 is 2.42 bits per heavy atom. The number of hydrogen-bond acceptors (Lipinski definition) is 5. The van der Waals surface area contributed by atoms with Crippen LogP contribution in [0.3, 0.4) is 0 Å². The van der Waals surface area contributed by atoms with E-state index in [0.29, 0.717) is 5.02 Å². The van der Waals surface area contributed by atoms with Crippen molar-refractivity contribution < 1.29 is 19.1 Å². The molecule has 19 heavy (non-hydrogen) atoms. The third-order valence-corrected chi connectivity index (χ3v) is 2.59. The summed E-state index contributed by atoms with van der Waals surface area (Å²) in [6.45, 7) is 0. The zero-order valence-corrected chi connectivity index (χ0v) is 11.4. The fourth-order valence-corrected chi connectivity index (χ4v) is 1.43. The molecule has 0 fully saturated rings. The second-order valence-corrected chi connectivity index (χ2v) is 4.09. The molecule has 1 unspecified atom stereocenters. The van der Waals surface area contributed by atoms with Crippen molar-refractivity contribution in [2.75, 3.05) is 14.2 Å². The van der Waals surface area contributed by atoms with Gasteiger partial charge >= 0.3 is 11.9 Å².